The molecule has 10 heteroatoms. The molecule has 1 aromatic carbocycles. The second-order valence-electron chi connectivity index (χ2n) is 7.91. The minimum Gasteiger partial charge on any atom is -0.473 e. The van der Waals surface area contributed by atoms with Crippen molar-refractivity contribution in [2.75, 3.05) is 39.4 Å². The maximum atomic E-state index is 12.1. The molecular weight excluding hydrogens is 440 g/mol. The standard InChI is InChI=1S/C20H29ClN2O3.C2H2O4/c21-18-5-3-16(4-6-18)14-25-15-17-7-9-23(10-8-17)13-20(24)22-12-19-2-1-11-26-19;3-1(4)2(5)6/h3-6,17,19H,1-2,7-15H2,(H,22,24);(H,3,4)(H,5,6). The number of piperidine rings is 1. The number of halogens is 1. The Balaban J connectivity index is 0.000000534. The fraction of sp³-hybridized carbons (Fsp3) is 0.591. The van der Waals surface area contributed by atoms with E-state index < -0.39 is 11.9 Å². The van der Waals surface area contributed by atoms with Crippen molar-refractivity contribution in [2.45, 2.75) is 38.4 Å². The van der Waals surface area contributed by atoms with Crippen molar-refractivity contribution in [3.63, 3.8) is 0 Å². The molecule has 2 fully saturated rings. The fourth-order valence-corrected chi connectivity index (χ4v) is 3.65. The van der Waals surface area contributed by atoms with E-state index in [1.54, 1.807) is 0 Å². The third-order valence-electron chi connectivity index (χ3n) is 5.34. The van der Waals surface area contributed by atoms with Gasteiger partial charge in [0.2, 0.25) is 5.91 Å². The Kier molecular flexibility index (Phi) is 11.4. The first-order valence-corrected chi connectivity index (χ1v) is 11.1. The number of nitrogens with zero attached hydrogens (tertiary/aromatic N) is 1. The van der Waals surface area contributed by atoms with E-state index in [0.29, 0.717) is 25.6 Å². The highest BCUT2D eigenvalue weighted by Gasteiger charge is 2.22. The van der Waals surface area contributed by atoms with Gasteiger partial charge in [0.15, 0.2) is 0 Å². The number of aliphatic carboxylic acids is 2. The molecule has 0 spiro atoms. The molecular formula is C22H31ClN2O7. The second-order valence-corrected chi connectivity index (χ2v) is 8.35. The molecule has 2 heterocycles. The van der Waals surface area contributed by atoms with E-state index in [2.05, 4.69) is 10.2 Å². The number of hydrogen-bond donors (Lipinski definition) is 3. The number of amides is 1. The van der Waals surface area contributed by atoms with E-state index >= 15 is 0 Å². The van der Waals surface area contributed by atoms with Crippen LogP contribution >= 0.6 is 11.6 Å². The van der Waals surface area contributed by atoms with Gasteiger partial charge in [-0.05, 0) is 62.4 Å². The highest BCUT2D eigenvalue weighted by Crippen LogP contribution is 2.18. The normalized spacial score (nSPS) is 19.1. The number of hydrogen-bond acceptors (Lipinski definition) is 6. The quantitative estimate of drug-likeness (QED) is 0.493. The largest absolute Gasteiger partial charge is 0.473 e. The van der Waals surface area contributed by atoms with Gasteiger partial charge in [-0.3, -0.25) is 9.69 Å². The third kappa shape index (κ3) is 10.4. The SMILES string of the molecule is O=C(CN1CCC(COCc2ccc(Cl)cc2)CC1)NCC1CCCO1.O=C(O)C(=O)O. The number of benzene rings is 1. The van der Waals surface area contributed by atoms with Gasteiger partial charge in [0.1, 0.15) is 0 Å². The highest BCUT2D eigenvalue weighted by atomic mass is 35.5. The summed E-state index contributed by atoms with van der Waals surface area (Å²) < 4.78 is 11.4. The molecule has 0 saturated carbocycles. The predicted octanol–water partition coefficient (Wildman–Crippen LogP) is 2.02. The van der Waals surface area contributed by atoms with E-state index in [0.717, 1.165) is 62.6 Å². The van der Waals surface area contributed by atoms with Crippen LogP contribution in [0.5, 0.6) is 0 Å². The van der Waals surface area contributed by atoms with E-state index in [1.165, 1.54) is 0 Å². The Hall–Kier alpha value is -2.20. The zero-order valence-corrected chi connectivity index (χ0v) is 18.8. The average molecular weight is 471 g/mol. The van der Waals surface area contributed by atoms with Gasteiger partial charge in [-0.2, -0.15) is 0 Å². The molecule has 3 rings (SSSR count). The van der Waals surface area contributed by atoms with Crippen LogP contribution in [0.3, 0.4) is 0 Å². The van der Waals surface area contributed by atoms with Crippen LogP contribution in [0.25, 0.3) is 0 Å². The maximum absolute atomic E-state index is 12.1. The second kappa shape index (κ2) is 14.1. The molecule has 3 N–H and O–H groups in total. The molecule has 0 radical (unpaired) electrons. The van der Waals surface area contributed by atoms with E-state index in [9.17, 15) is 4.79 Å². The Morgan fingerprint density at radius 1 is 1.09 bits per heavy atom. The van der Waals surface area contributed by atoms with Gasteiger partial charge in [0.05, 0.1) is 19.3 Å². The molecule has 0 aliphatic carbocycles. The van der Waals surface area contributed by atoms with Crippen LogP contribution in [0.4, 0.5) is 0 Å². The first-order chi connectivity index (χ1) is 15.3. The Morgan fingerprint density at radius 2 is 1.75 bits per heavy atom. The molecule has 178 valence electrons. The Labute approximate surface area is 192 Å². The van der Waals surface area contributed by atoms with Gasteiger partial charge >= 0.3 is 11.9 Å². The zero-order chi connectivity index (χ0) is 23.3. The number of ether oxygens (including phenoxy) is 2. The van der Waals surface area contributed by atoms with Crippen LogP contribution in [-0.2, 0) is 30.5 Å². The van der Waals surface area contributed by atoms with Crippen molar-refractivity contribution in [1.29, 1.82) is 0 Å². The van der Waals surface area contributed by atoms with Gasteiger partial charge in [-0.15, -0.1) is 0 Å². The summed E-state index contributed by atoms with van der Waals surface area (Å²) in [6, 6.07) is 7.78. The summed E-state index contributed by atoms with van der Waals surface area (Å²) in [6.45, 7) is 5.29. The van der Waals surface area contributed by atoms with Crippen LogP contribution in [0.1, 0.15) is 31.2 Å². The summed E-state index contributed by atoms with van der Waals surface area (Å²) in [6.07, 6.45) is 4.54. The van der Waals surface area contributed by atoms with Crippen molar-refractivity contribution >= 4 is 29.4 Å². The molecule has 1 atom stereocenters. The number of rotatable bonds is 8. The lowest BCUT2D eigenvalue weighted by molar-refractivity contribution is -0.159. The Morgan fingerprint density at radius 3 is 2.31 bits per heavy atom. The summed E-state index contributed by atoms with van der Waals surface area (Å²) >= 11 is 5.89. The minimum absolute atomic E-state index is 0.109. The molecule has 1 aromatic rings. The Bertz CT molecular complexity index is 718. The first kappa shape index (κ1) is 26.1. The minimum atomic E-state index is -1.82. The van der Waals surface area contributed by atoms with Gasteiger partial charge in [0, 0.05) is 24.8 Å². The number of carbonyl (C=O) groups is 3. The summed E-state index contributed by atoms with van der Waals surface area (Å²) in [4.78, 5) is 32.5. The lowest BCUT2D eigenvalue weighted by Crippen LogP contribution is -2.43. The number of likely N-dealkylation sites (tertiary alicyclic amines) is 1. The van der Waals surface area contributed by atoms with Crippen molar-refractivity contribution in [3.05, 3.63) is 34.9 Å². The molecule has 0 bridgehead atoms. The van der Waals surface area contributed by atoms with Gasteiger partial charge in [0.25, 0.3) is 0 Å². The van der Waals surface area contributed by atoms with Gasteiger partial charge < -0.3 is 25.0 Å². The smallest absolute Gasteiger partial charge is 0.414 e. The summed E-state index contributed by atoms with van der Waals surface area (Å²) in [5.41, 5.74) is 1.15. The molecule has 2 aliphatic rings. The molecule has 2 aliphatic heterocycles. The molecule has 2 saturated heterocycles. The molecule has 1 unspecified atom stereocenters. The van der Waals surface area contributed by atoms with Gasteiger partial charge in [-0.1, -0.05) is 23.7 Å². The lowest BCUT2D eigenvalue weighted by atomic mass is 9.98. The summed E-state index contributed by atoms with van der Waals surface area (Å²) in [5, 5.41) is 18.5. The van der Waals surface area contributed by atoms with Crippen molar-refractivity contribution in [3.8, 4) is 0 Å². The maximum Gasteiger partial charge on any atom is 0.414 e. The van der Waals surface area contributed by atoms with Crippen molar-refractivity contribution < 1.29 is 34.1 Å². The van der Waals surface area contributed by atoms with Crippen molar-refractivity contribution in [2.24, 2.45) is 5.92 Å². The van der Waals surface area contributed by atoms with E-state index in [4.69, 9.17) is 40.9 Å². The van der Waals surface area contributed by atoms with Crippen molar-refractivity contribution in [1.82, 2.24) is 10.2 Å². The molecule has 0 aromatic heterocycles. The van der Waals surface area contributed by atoms with Crippen LogP contribution in [0.15, 0.2) is 24.3 Å². The van der Waals surface area contributed by atoms with E-state index in [1.807, 2.05) is 24.3 Å². The fourth-order valence-electron chi connectivity index (χ4n) is 3.53. The summed E-state index contributed by atoms with van der Waals surface area (Å²) in [5.74, 6) is -2.96. The monoisotopic (exact) mass is 470 g/mol. The zero-order valence-electron chi connectivity index (χ0n) is 18.0. The molecule has 1 amide bonds. The van der Waals surface area contributed by atoms with Crippen LogP contribution in [0, 0.1) is 5.92 Å². The average Bonchev–Trinajstić information content (AvgIpc) is 3.29. The van der Waals surface area contributed by atoms with E-state index in [-0.39, 0.29) is 12.0 Å². The number of carboxylic acid groups (broad SMARTS) is 2. The topological polar surface area (TPSA) is 125 Å². The molecule has 9 nitrogen and oxygen atoms in total. The first-order valence-electron chi connectivity index (χ1n) is 10.7. The number of nitrogens with one attached hydrogen (secondary N) is 1. The molecule has 32 heavy (non-hydrogen) atoms. The van der Waals surface area contributed by atoms with Crippen LogP contribution in [0.2, 0.25) is 5.02 Å². The number of carbonyl (C=O) groups excluding carboxylic acids is 1. The predicted molar refractivity (Wildman–Crippen MR) is 118 cm³/mol. The van der Waals surface area contributed by atoms with Crippen LogP contribution < -0.4 is 5.32 Å². The lowest BCUT2D eigenvalue weighted by Gasteiger charge is -2.31. The van der Waals surface area contributed by atoms with Crippen LogP contribution in [-0.4, -0.2) is 78.5 Å². The third-order valence-corrected chi connectivity index (χ3v) is 5.60. The highest BCUT2D eigenvalue weighted by molar-refractivity contribution is 6.30. The van der Waals surface area contributed by atoms with Gasteiger partial charge in [-0.25, -0.2) is 9.59 Å². The summed E-state index contributed by atoms with van der Waals surface area (Å²) in [7, 11) is 0. The number of carboxylic acids is 2.